The van der Waals surface area contributed by atoms with Crippen molar-refractivity contribution in [3.8, 4) is 0 Å². The van der Waals surface area contributed by atoms with E-state index in [1.807, 2.05) is 0 Å². The number of ether oxygens (including phenoxy) is 1. The van der Waals surface area contributed by atoms with Crippen molar-refractivity contribution in [1.29, 1.82) is 0 Å². The van der Waals surface area contributed by atoms with Gasteiger partial charge in [-0.05, 0) is 29.8 Å². The Hall–Kier alpha value is -0.390. The third kappa shape index (κ3) is 2.47. The minimum absolute atomic E-state index is 0.158. The lowest BCUT2D eigenvalue weighted by Crippen LogP contribution is -2.48. The van der Waals surface area contributed by atoms with Crippen molar-refractivity contribution in [3.05, 3.63) is 16.0 Å². The summed E-state index contributed by atoms with van der Waals surface area (Å²) in [5.74, 6) is 0.830. The molecule has 1 aliphatic rings. The maximum Gasteiger partial charge on any atom is 0.148 e. The van der Waals surface area contributed by atoms with Gasteiger partial charge in [-0.1, -0.05) is 11.6 Å². The minimum Gasteiger partial charge on any atom is -0.372 e. The van der Waals surface area contributed by atoms with Gasteiger partial charge in [0.1, 0.15) is 17.3 Å². The SMILES string of the molecule is CC1(C)CN(c2ncnc(Cl)c2Br)CCO1. The highest BCUT2D eigenvalue weighted by Gasteiger charge is 2.29. The van der Waals surface area contributed by atoms with Crippen LogP contribution in [-0.4, -0.2) is 35.3 Å². The Morgan fingerprint density at radius 1 is 1.50 bits per heavy atom. The maximum absolute atomic E-state index is 5.95. The molecule has 0 unspecified atom stereocenters. The predicted octanol–water partition coefficient (Wildman–Crippen LogP) is 2.51. The molecule has 88 valence electrons. The van der Waals surface area contributed by atoms with Crippen LogP contribution < -0.4 is 4.90 Å². The zero-order valence-electron chi connectivity index (χ0n) is 9.20. The van der Waals surface area contributed by atoms with Crippen LogP contribution in [0, 0.1) is 0 Å². The van der Waals surface area contributed by atoms with Gasteiger partial charge in [0.2, 0.25) is 0 Å². The Morgan fingerprint density at radius 2 is 2.25 bits per heavy atom. The first-order chi connectivity index (χ1) is 7.49. The third-order valence-electron chi connectivity index (χ3n) is 2.45. The summed E-state index contributed by atoms with van der Waals surface area (Å²) in [6, 6.07) is 0. The van der Waals surface area contributed by atoms with Crippen LogP contribution in [0.25, 0.3) is 0 Å². The minimum atomic E-state index is -0.158. The van der Waals surface area contributed by atoms with Crippen LogP contribution in [0.15, 0.2) is 10.8 Å². The van der Waals surface area contributed by atoms with Crippen LogP contribution >= 0.6 is 27.5 Å². The van der Waals surface area contributed by atoms with Crippen molar-refractivity contribution in [3.63, 3.8) is 0 Å². The molecule has 2 rings (SSSR count). The summed E-state index contributed by atoms with van der Waals surface area (Å²) in [6.45, 7) is 6.43. The summed E-state index contributed by atoms with van der Waals surface area (Å²) >= 11 is 9.36. The van der Waals surface area contributed by atoms with Crippen molar-refractivity contribution in [2.75, 3.05) is 24.6 Å². The van der Waals surface area contributed by atoms with E-state index in [2.05, 4.69) is 44.6 Å². The molecule has 6 heteroatoms. The van der Waals surface area contributed by atoms with E-state index in [0.29, 0.717) is 11.8 Å². The Kier molecular flexibility index (Phi) is 3.37. The average molecular weight is 307 g/mol. The van der Waals surface area contributed by atoms with Crippen molar-refractivity contribution >= 4 is 33.3 Å². The first-order valence-corrected chi connectivity index (χ1v) is 6.21. The third-order valence-corrected chi connectivity index (χ3v) is 3.70. The summed E-state index contributed by atoms with van der Waals surface area (Å²) < 4.78 is 6.40. The van der Waals surface area contributed by atoms with E-state index in [9.17, 15) is 0 Å². The molecule has 1 aromatic heterocycles. The van der Waals surface area contributed by atoms with Gasteiger partial charge in [0.05, 0.1) is 16.7 Å². The van der Waals surface area contributed by atoms with Gasteiger partial charge in [-0.2, -0.15) is 0 Å². The van der Waals surface area contributed by atoms with Crippen molar-refractivity contribution in [2.24, 2.45) is 0 Å². The van der Waals surface area contributed by atoms with Gasteiger partial charge in [0.15, 0.2) is 0 Å². The number of hydrogen-bond donors (Lipinski definition) is 0. The highest BCUT2D eigenvalue weighted by Crippen LogP contribution is 2.31. The highest BCUT2D eigenvalue weighted by molar-refractivity contribution is 9.10. The summed E-state index contributed by atoms with van der Waals surface area (Å²) in [4.78, 5) is 10.3. The monoisotopic (exact) mass is 305 g/mol. The summed E-state index contributed by atoms with van der Waals surface area (Å²) in [7, 11) is 0. The number of nitrogens with zero attached hydrogens (tertiary/aromatic N) is 3. The van der Waals surface area contributed by atoms with Gasteiger partial charge in [-0.3, -0.25) is 0 Å². The summed E-state index contributed by atoms with van der Waals surface area (Å²) in [5, 5.41) is 0.439. The van der Waals surface area contributed by atoms with Gasteiger partial charge in [-0.15, -0.1) is 0 Å². The Bertz CT molecular complexity index is 400. The molecule has 0 radical (unpaired) electrons. The van der Waals surface area contributed by atoms with Crippen LogP contribution in [0.4, 0.5) is 5.82 Å². The molecule has 0 amide bonds. The van der Waals surface area contributed by atoms with E-state index in [0.717, 1.165) is 23.4 Å². The molecule has 1 saturated heterocycles. The molecule has 0 aliphatic carbocycles. The van der Waals surface area contributed by atoms with Crippen LogP contribution in [0.3, 0.4) is 0 Å². The fourth-order valence-corrected chi connectivity index (χ4v) is 2.34. The number of morpholine rings is 1. The van der Waals surface area contributed by atoms with E-state index < -0.39 is 0 Å². The van der Waals surface area contributed by atoms with Gasteiger partial charge in [0, 0.05) is 13.1 Å². The molecule has 0 spiro atoms. The van der Waals surface area contributed by atoms with Gasteiger partial charge < -0.3 is 9.64 Å². The van der Waals surface area contributed by atoms with Crippen molar-refractivity contribution in [1.82, 2.24) is 9.97 Å². The van der Waals surface area contributed by atoms with Crippen molar-refractivity contribution in [2.45, 2.75) is 19.4 Å². The highest BCUT2D eigenvalue weighted by atomic mass is 79.9. The second-order valence-electron chi connectivity index (χ2n) is 4.33. The van der Waals surface area contributed by atoms with Crippen LogP contribution in [0.1, 0.15) is 13.8 Å². The first kappa shape index (κ1) is 12.1. The van der Waals surface area contributed by atoms with Crippen LogP contribution in [-0.2, 0) is 4.74 Å². The number of rotatable bonds is 1. The molecule has 1 fully saturated rings. The molecule has 1 aromatic rings. The predicted molar refractivity (Wildman–Crippen MR) is 67.0 cm³/mol. The topological polar surface area (TPSA) is 38.2 Å². The molecular weight excluding hydrogens is 293 g/mol. The lowest BCUT2D eigenvalue weighted by Gasteiger charge is -2.39. The number of halogens is 2. The smallest absolute Gasteiger partial charge is 0.148 e. The molecule has 1 aliphatic heterocycles. The van der Waals surface area contributed by atoms with E-state index in [1.54, 1.807) is 0 Å². The zero-order valence-corrected chi connectivity index (χ0v) is 11.5. The quantitative estimate of drug-likeness (QED) is 0.747. The van der Waals surface area contributed by atoms with E-state index in [1.165, 1.54) is 6.33 Å². The second kappa shape index (κ2) is 4.47. The lowest BCUT2D eigenvalue weighted by atomic mass is 10.1. The van der Waals surface area contributed by atoms with Gasteiger partial charge >= 0.3 is 0 Å². The largest absolute Gasteiger partial charge is 0.372 e. The summed E-state index contributed by atoms with van der Waals surface area (Å²) in [6.07, 6.45) is 1.48. The molecule has 0 atom stereocenters. The Morgan fingerprint density at radius 3 is 2.94 bits per heavy atom. The Labute approximate surface area is 108 Å². The van der Waals surface area contributed by atoms with Crippen LogP contribution in [0.2, 0.25) is 5.15 Å². The second-order valence-corrected chi connectivity index (χ2v) is 5.48. The first-order valence-electron chi connectivity index (χ1n) is 5.04. The van der Waals surface area contributed by atoms with E-state index >= 15 is 0 Å². The molecule has 0 bridgehead atoms. The van der Waals surface area contributed by atoms with E-state index in [-0.39, 0.29) is 5.60 Å². The maximum atomic E-state index is 5.95. The number of aromatic nitrogens is 2. The molecule has 16 heavy (non-hydrogen) atoms. The van der Waals surface area contributed by atoms with E-state index in [4.69, 9.17) is 16.3 Å². The molecule has 0 aromatic carbocycles. The Balaban J connectivity index is 2.27. The molecule has 0 saturated carbocycles. The van der Waals surface area contributed by atoms with Gasteiger partial charge in [-0.25, -0.2) is 9.97 Å². The lowest BCUT2D eigenvalue weighted by molar-refractivity contribution is -0.0279. The average Bonchev–Trinajstić information content (AvgIpc) is 2.20. The van der Waals surface area contributed by atoms with Gasteiger partial charge in [0.25, 0.3) is 0 Å². The number of hydrogen-bond acceptors (Lipinski definition) is 4. The molecule has 0 N–H and O–H groups in total. The molecule has 2 heterocycles. The zero-order chi connectivity index (χ0) is 11.8. The number of anilines is 1. The molecular formula is C10H13BrClN3O. The standard InChI is InChI=1S/C10H13BrClN3O/c1-10(2)5-15(3-4-16-10)9-7(11)8(12)13-6-14-9/h6H,3-5H2,1-2H3. The molecule has 4 nitrogen and oxygen atoms in total. The van der Waals surface area contributed by atoms with Crippen molar-refractivity contribution < 1.29 is 4.74 Å². The fourth-order valence-electron chi connectivity index (χ4n) is 1.76. The van der Waals surface area contributed by atoms with Crippen LogP contribution in [0.5, 0.6) is 0 Å². The summed E-state index contributed by atoms with van der Waals surface area (Å²) in [5.41, 5.74) is -0.158. The normalized spacial score (nSPS) is 19.9. The fraction of sp³-hybridized carbons (Fsp3) is 0.600.